The van der Waals surface area contributed by atoms with Gasteiger partial charge in [-0.15, -0.1) is 0 Å². The molecule has 1 N–H and O–H groups in total. The van der Waals surface area contributed by atoms with Gasteiger partial charge in [-0.2, -0.15) is 0 Å². The molecular weight excluding hydrogens is 200 g/mol. The van der Waals surface area contributed by atoms with E-state index in [-0.39, 0.29) is 5.97 Å². The second-order valence-electron chi connectivity index (χ2n) is 3.26. The first kappa shape index (κ1) is 11.8. The molecule has 0 aromatic rings. The van der Waals surface area contributed by atoms with Gasteiger partial charge in [0.25, 0.3) is 0 Å². The predicted octanol–water partition coefficient (Wildman–Crippen LogP) is 0.218. The van der Waals surface area contributed by atoms with Crippen molar-refractivity contribution < 1.29 is 14.3 Å². The number of carbonyl (C=O) groups excluding carboxylic acids is 1. The summed E-state index contributed by atoms with van der Waals surface area (Å²) in [5.41, 5.74) is 7.33. The molecule has 0 bridgehead atoms. The van der Waals surface area contributed by atoms with E-state index >= 15 is 0 Å². The van der Waals surface area contributed by atoms with Crippen molar-refractivity contribution in [2.24, 2.45) is 5.11 Å². The Bertz CT molecular complexity index is 269. The highest BCUT2D eigenvalue weighted by atomic mass is 16.5. The van der Waals surface area contributed by atoms with E-state index in [1.165, 1.54) is 7.11 Å². The molecule has 0 radical (unpaired) electrons. The zero-order chi connectivity index (χ0) is 11.1. The first-order valence-corrected chi connectivity index (χ1v) is 4.67. The van der Waals surface area contributed by atoms with Crippen LogP contribution in [0.25, 0.3) is 10.4 Å². The minimum atomic E-state index is -0.764. The van der Waals surface area contributed by atoms with Crippen LogP contribution in [0.5, 0.6) is 0 Å². The lowest BCUT2D eigenvalue weighted by molar-refractivity contribution is -0.148. The molecule has 15 heavy (non-hydrogen) atoms. The Kier molecular flexibility index (Phi) is 4.36. The van der Waals surface area contributed by atoms with Gasteiger partial charge in [0.05, 0.1) is 13.7 Å². The lowest BCUT2D eigenvalue weighted by atomic mass is 9.99. The summed E-state index contributed by atoms with van der Waals surface area (Å²) in [5, 5.41) is 6.39. The molecule has 7 nitrogen and oxygen atoms in total. The van der Waals surface area contributed by atoms with Crippen LogP contribution in [0.1, 0.15) is 6.42 Å². The third-order valence-electron chi connectivity index (χ3n) is 2.34. The van der Waals surface area contributed by atoms with Crippen molar-refractivity contribution in [1.29, 1.82) is 0 Å². The molecule has 84 valence electrons. The highest BCUT2D eigenvalue weighted by Crippen LogP contribution is 2.19. The summed E-state index contributed by atoms with van der Waals surface area (Å²) in [7, 11) is 1.34. The van der Waals surface area contributed by atoms with Crippen LogP contribution >= 0.6 is 0 Å². The third-order valence-corrected chi connectivity index (χ3v) is 2.34. The molecule has 1 aliphatic heterocycles. The van der Waals surface area contributed by atoms with Gasteiger partial charge in [0.1, 0.15) is 5.54 Å². The summed E-state index contributed by atoms with van der Waals surface area (Å²) in [4.78, 5) is 14.2. The Morgan fingerprint density at radius 2 is 2.60 bits per heavy atom. The summed E-state index contributed by atoms with van der Waals surface area (Å²) < 4.78 is 9.88. The summed E-state index contributed by atoms with van der Waals surface area (Å²) in [6.45, 7) is 1.57. The van der Waals surface area contributed by atoms with Gasteiger partial charge in [-0.3, -0.25) is 5.32 Å². The molecule has 1 atom stereocenters. The van der Waals surface area contributed by atoms with E-state index in [2.05, 4.69) is 15.3 Å². The van der Waals surface area contributed by atoms with Crippen LogP contribution in [0.15, 0.2) is 5.11 Å². The summed E-state index contributed by atoms with van der Waals surface area (Å²) >= 11 is 0. The molecule has 0 aromatic carbocycles. The van der Waals surface area contributed by atoms with Crippen LogP contribution in [-0.4, -0.2) is 44.9 Å². The van der Waals surface area contributed by atoms with E-state index in [1.807, 2.05) is 0 Å². The first-order valence-electron chi connectivity index (χ1n) is 4.67. The zero-order valence-corrected chi connectivity index (χ0v) is 8.60. The Morgan fingerprint density at radius 1 is 1.80 bits per heavy atom. The fraction of sp³-hybridized carbons (Fsp3) is 0.875. The van der Waals surface area contributed by atoms with Gasteiger partial charge < -0.3 is 9.47 Å². The van der Waals surface area contributed by atoms with E-state index < -0.39 is 5.54 Å². The van der Waals surface area contributed by atoms with Crippen molar-refractivity contribution in [1.82, 2.24) is 5.32 Å². The first-order chi connectivity index (χ1) is 7.25. The number of ether oxygens (including phenoxy) is 2. The number of azide groups is 1. The summed E-state index contributed by atoms with van der Waals surface area (Å²) in [6, 6.07) is 0. The smallest absolute Gasteiger partial charge is 0.328 e. The highest BCUT2D eigenvalue weighted by molar-refractivity contribution is 5.81. The molecule has 1 saturated heterocycles. The lowest BCUT2D eigenvalue weighted by Gasteiger charge is -2.25. The van der Waals surface area contributed by atoms with E-state index in [4.69, 9.17) is 15.0 Å². The van der Waals surface area contributed by atoms with Gasteiger partial charge in [0.15, 0.2) is 0 Å². The van der Waals surface area contributed by atoms with E-state index in [0.717, 1.165) is 0 Å². The maximum absolute atomic E-state index is 11.5. The van der Waals surface area contributed by atoms with Crippen molar-refractivity contribution in [3.8, 4) is 0 Å². The van der Waals surface area contributed by atoms with E-state index in [9.17, 15) is 4.79 Å². The summed E-state index contributed by atoms with van der Waals surface area (Å²) in [5.74, 6) is -0.332. The standard InChI is InChI=1S/C8H14N4O3/c1-14-7(13)8(2-5-15-6-8)10-3-4-11-12-9/h10H,2-6H2,1H3. The Morgan fingerprint density at radius 3 is 3.13 bits per heavy atom. The van der Waals surface area contributed by atoms with Crippen molar-refractivity contribution in [2.75, 3.05) is 33.4 Å². The van der Waals surface area contributed by atoms with Gasteiger partial charge in [-0.1, -0.05) is 5.11 Å². The third kappa shape index (κ3) is 2.82. The molecule has 1 fully saturated rings. The van der Waals surface area contributed by atoms with Crippen LogP contribution in [-0.2, 0) is 14.3 Å². The number of nitrogens with zero attached hydrogens (tertiary/aromatic N) is 3. The van der Waals surface area contributed by atoms with Crippen LogP contribution in [0.4, 0.5) is 0 Å². The van der Waals surface area contributed by atoms with Crippen LogP contribution < -0.4 is 5.32 Å². The topological polar surface area (TPSA) is 96.3 Å². The van der Waals surface area contributed by atoms with E-state index in [1.54, 1.807) is 0 Å². The van der Waals surface area contributed by atoms with Gasteiger partial charge in [0.2, 0.25) is 0 Å². The molecular formula is C8H14N4O3. The molecule has 0 spiro atoms. The zero-order valence-electron chi connectivity index (χ0n) is 8.60. The second kappa shape index (κ2) is 5.55. The average Bonchev–Trinajstić information content (AvgIpc) is 2.73. The second-order valence-corrected chi connectivity index (χ2v) is 3.26. The van der Waals surface area contributed by atoms with Gasteiger partial charge in [-0.25, -0.2) is 4.79 Å². The molecule has 1 heterocycles. The normalized spacial score (nSPS) is 24.6. The molecule has 1 unspecified atom stereocenters. The molecule has 0 amide bonds. The monoisotopic (exact) mass is 214 g/mol. The number of nitrogens with one attached hydrogen (secondary N) is 1. The highest BCUT2D eigenvalue weighted by Gasteiger charge is 2.42. The molecule has 0 aromatic heterocycles. The van der Waals surface area contributed by atoms with E-state index in [0.29, 0.717) is 32.7 Å². The molecule has 1 aliphatic rings. The number of esters is 1. The number of rotatable bonds is 5. The molecule has 0 saturated carbocycles. The van der Waals surface area contributed by atoms with Crippen molar-refractivity contribution >= 4 is 5.97 Å². The van der Waals surface area contributed by atoms with Crippen molar-refractivity contribution in [3.05, 3.63) is 10.4 Å². The number of methoxy groups -OCH3 is 1. The van der Waals surface area contributed by atoms with Gasteiger partial charge in [-0.05, 0) is 5.53 Å². The van der Waals surface area contributed by atoms with Crippen LogP contribution in [0.2, 0.25) is 0 Å². The molecule has 1 rings (SSSR count). The number of hydrogen-bond donors (Lipinski definition) is 1. The van der Waals surface area contributed by atoms with Gasteiger partial charge in [0, 0.05) is 31.0 Å². The minimum Gasteiger partial charge on any atom is -0.468 e. The minimum absolute atomic E-state index is 0.301. The van der Waals surface area contributed by atoms with Crippen LogP contribution in [0, 0.1) is 0 Å². The van der Waals surface area contributed by atoms with Crippen LogP contribution in [0.3, 0.4) is 0 Å². The quantitative estimate of drug-likeness (QED) is 0.233. The molecule has 0 aliphatic carbocycles. The SMILES string of the molecule is COC(=O)C1(NCCN=[N+]=[N-])CCOC1. The molecule has 7 heteroatoms. The Hall–Kier alpha value is -1.30. The predicted molar refractivity (Wildman–Crippen MR) is 52.2 cm³/mol. The fourth-order valence-electron chi connectivity index (χ4n) is 1.52. The fourth-order valence-corrected chi connectivity index (χ4v) is 1.52. The largest absolute Gasteiger partial charge is 0.468 e. The maximum atomic E-state index is 11.5. The maximum Gasteiger partial charge on any atom is 0.328 e. The number of carbonyl (C=O) groups is 1. The van der Waals surface area contributed by atoms with Crippen molar-refractivity contribution in [2.45, 2.75) is 12.0 Å². The average molecular weight is 214 g/mol. The van der Waals surface area contributed by atoms with Crippen molar-refractivity contribution in [3.63, 3.8) is 0 Å². The Balaban J connectivity index is 2.50. The lowest BCUT2D eigenvalue weighted by Crippen LogP contribution is -2.54. The van der Waals surface area contributed by atoms with Gasteiger partial charge >= 0.3 is 5.97 Å². The number of hydrogen-bond acceptors (Lipinski definition) is 5. The summed E-state index contributed by atoms with van der Waals surface area (Å²) in [6.07, 6.45) is 0.579. The Labute approximate surface area is 87.4 Å².